The van der Waals surface area contributed by atoms with Crippen LogP contribution in [0.3, 0.4) is 0 Å². The van der Waals surface area contributed by atoms with Gasteiger partial charge in [0.25, 0.3) is 15.9 Å². The maximum absolute atomic E-state index is 14.6. The van der Waals surface area contributed by atoms with Crippen molar-refractivity contribution in [3.8, 4) is 22.3 Å². The van der Waals surface area contributed by atoms with Crippen LogP contribution in [0.25, 0.3) is 44.2 Å². The lowest BCUT2D eigenvalue weighted by atomic mass is 9.92. The molecule has 1 saturated heterocycles. The fourth-order valence-corrected chi connectivity index (χ4v) is 7.90. The van der Waals surface area contributed by atoms with E-state index in [0.717, 1.165) is 74.8 Å². The molecule has 1 amide bonds. The number of hydrogen-bond donors (Lipinski definition) is 1. The number of nitrogens with zero attached hydrogens (tertiary/aromatic N) is 4. The van der Waals surface area contributed by atoms with Crippen LogP contribution in [-0.2, 0) is 10.0 Å². The highest BCUT2D eigenvalue weighted by Gasteiger charge is 2.27. The molecule has 0 atom stereocenters. The van der Waals surface area contributed by atoms with Gasteiger partial charge in [0.15, 0.2) is 0 Å². The summed E-state index contributed by atoms with van der Waals surface area (Å²) in [4.78, 5) is 25.4. The van der Waals surface area contributed by atoms with Crippen molar-refractivity contribution >= 4 is 43.6 Å². The second-order valence-corrected chi connectivity index (χ2v) is 14.4. The van der Waals surface area contributed by atoms with E-state index in [1.165, 1.54) is 25.2 Å². The summed E-state index contributed by atoms with van der Waals surface area (Å²) in [6.07, 6.45) is 3.75. The van der Waals surface area contributed by atoms with Gasteiger partial charge in [-0.25, -0.2) is 17.8 Å². The molecule has 0 bridgehead atoms. The molecule has 3 heterocycles. The fourth-order valence-electron chi connectivity index (χ4n) is 6.65. The zero-order valence-electron chi connectivity index (χ0n) is 27.0. The molecule has 2 aromatic heterocycles. The Balaban J connectivity index is 1.32. The summed E-state index contributed by atoms with van der Waals surface area (Å²) in [5.41, 5.74) is 6.09. The van der Waals surface area contributed by atoms with Gasteiger partial charge in [-0.2, -0.15) is 0 Å². The summed E-state index contributed by atoms with van der Waals surface area (Å²) in [5.74, 6) is -0.800. The van der Waals surface area contributed by atoms with Crippen molar-refractivity contribution in [2.45, 2.75) is 23.8 Å². The van der Waals surface area contributed by atoms with Crippen LogP contribution in [0.1, 0.15) is 23.2 Å². The third-order valence-electron chi connectivity index (χ3n) is 9.50. The largest absolute Gasteiger partial charge is 0.339 e. The smallest absolute Gasteiger partial charge is 0.266 e. The third-order valence-corrected chi connectivity index (χ3v) is 11.3. The maximum atomic E-state index is 14.6. The number of likely N-dealkylation sites (tertiary alicyclic amines) is 1. The lowest BCUT2D eigenvalue weighted by Gasteiger charge is -2.35. The SMILES string of the molecule is CN1CCC(N(C)C(=O)c2ccc(-c3cnc4[nH]c5ccc(N(C)S(=O)(=O)c6ccccc6F)cc5c4c3-c3ccccc3)cc2)CC1. The van der Waals surface area contributed by atoms with E-state index in [9.17, 15) is 17.6 Å². The fraction of sp³-hybridized carbons (Fsp3) is 0.211. The van der Waals surface area contributed by atoms with Crippen molar-refractivity contribution in [3.63, 3.8) is 0 Å². The lowest BCUT2D eigenvalue weighted by Crippen LogP contribution is -2.44. The number of halogens is 1. The number of amides is 1. The standard InChI is InChI=1S/C38H36FN5O3S/c1-42-21-19-28(20-22-42)43(2)38(45)27-15-13-25(14-16-27)31-24-40-37-36(35(31)26-9-5-4-6-10-26)30-23-29(17-18-33(30)41-37)44(3)48(46,47)34-12-8-7-11-32(34)39/h4-18,23-24,28H,19-22H2,1-3H3,(H,40,41). The molecule has 0 unspecified atom stereocenters. The lowest BCUT2D eigenvalue weighted by molar-refractivity contribution is 0.0659. The van der Waals surface area contributed by atoms with E-state index in [1.807, 2.05) is 78.8 Å². The van der Waals surface area contributed by atoms with E-state index in [1.54, 1.807) is 12.1 Å². The molecule has 0 radical (unpaired) electrons. The number of hydrogen-bond acceptors (Lipinski definition) is 5. The number of pyridine rings is 1. The molecule has 0 aliphatic carbocycles. The predicted molar refractivity (Wildman–Crippen MR) is 189 cm³/mol. The van der Waals surface area contributed by atoms with Gasteiger partial charge in [0.05, 0.1) is 5.69 Å². The van der Waals surface area contributed by atoms with E-state index < -0.39 is 15.8 Å². The van der Waals surface area contributed by atoms with Crippen LogP contribution in [0.15, 0.2) is 108 Å². The Bertz CT molecular complexity index is 2250. The number of rotatable bonds is 7. The minimum Gasteiger partial charge on any atom is -0.339 e. The van der Waals surface area contributed by atoms with Gasteiger partial charge in [-0.1, -0.05) is 54.6 Å². The molecule has 1 aliphatic heterocycles. The Labute approximate surface area is 279 Å². The second kappa shape index (κ2) is 12.5. The summed E-state index contributed by atoms with van der Waals surface area (Å²) in [7, 11) is 1.26. The monoisotopic (exact) mass is 661 g/mol. The second-order valence-electron chi connectivity index (χ2n) is 12.4. The number of carbonyl (C=O) groups is 1. The molecular weight excluding hydrogens is 626 g/mol. The van der Waals surface area contributed by atoms with Crippen molar-refractivity contribution in [2.75, 3.05) is 38.5 Å². The minimum atomic E-state index is -4.17. The molecule has 7 rings (SSSR count). The van der Waals surface area contributed by atoms with E-state index in [-0.39, 0.29) is 16.8 Å². The van der Waals surface area contributed by atoms with E-state index in [0.29, 0.717) is 16.9 Å². The molecule has 6 aromatic rings. The molecule has 1 aliphatic rings. The number of sulfonamides is 1. The highest BCUT2D eigenvalue weighted by molar-refractivity contribution is 7.92. The Hall–Kier alpha value is -5.06. The predicted octanol–water partition coefficient (Wildman–Crippen LogP) is 7.18. The highest BCUT2D eigenvalue weighted by atomic mass is 32.2. The van der Waals surface area contributed by atoms with Gasteiger partial charge in [0.1, 0.15) is 16.4 Å². The van der Waals surface area contributed by atoms with Crippen LogP contribution in [0, 0.1) is 5.82 Å². The quantitative estimate of drug-likeness (QED) is 0.196. The number of H-pyrrole nitrogens is 1. The minimum absolute atomic E-state index is 0.00609. The first-order valence-electron chi connectivity index (χ1n) is 15.9. The van der Waals surface area contributed by atoms with Gasteiger partial charge in [0, 0.05) is 59.3 Å². The summed E-state index contributed by atoms with van der Waals surface area (Å²) in [6, 6.07) is 28.5. The van der Waals surface area contributed by atoms with Gasteiger partial charge in [-0.15, -0.1) is 0 Å². The summed E-state index contributed by atoms with van der Waals surface area (Å²) in [5, 5.41) is 1.60. The zero-order valence-corrected chi connectivity index (χ0v) is 27.8. The van der Waals surface area contributed by atoms with Crippen LogP contribution >= 0.6 is 0 Å². The van der Waals surface area contributed by atoms with Crippen molar-refractivity contribution in [3.05, 3.63) is 115 Å². The molecular formula is C38H36FN5O3S. The topological polar surface area (TPSA) is 89.6 Å². The van der Waals surface area contributed by atoms with Crippen molar-refractivity contribution in [2.24, 2.45) is 0 Å². The molecule has 4 aromatic carbocycles. The molecule has 48 heavy (non-hydrogen) atoms. The van der Waals surface area contributed by atoms with Crippen LogP contribution in [0.4, 0.5) is 10.1 Å². The van der Waals surface area contributed by atoms with E-state index >= 15 is 0 Å². The summed E-state index contributed by atoms with van der Waals surface area (Å²) >= 11 is 0. The average Bonchev–Trinajstić information content (AvgIpc) is 3.49. The number of anilines is 1. The molecule has 244 valence electrons. The first kappa shape index (κ1) is 31.5. The Morgan fingerprint density at radius 1 is 0.896 bits per heavy atom. The molecule has 1 fully saturated rings. The highest BCUT2D eigenvalue weighted by Crippen LogP contribution is 2.41. The molecule has 0 saturated carbocycles. The van der Waals surface area contributed by atoms with Crippen molar-refractivity contribution in [1.29, 1.82) is 0 Å². The normalized spacial score (nSPS) is 14.4. The summed E-state index contributed by atoms with van der Waals surface area (Å²) in [6.45, 7) is 1.96. The van der Waals surface area contributed by atoms with E-state index in [2.05, 4.69) is 16.9 Å². The average molecular weight is 662 g/mol. The first-order chi connectivity index (χ1) is 23.1. The number of benzene rings is 4. The Morgan fingerprint density at radius 3 is 2.29 bits per heavy atom. The maximum Gasteiger partial charge on any atom is 0.266 e. The number of carbonyl (C=O) groups excluding carboxylic acids is 1. The molecule has 1 N–H and O–H groups in total. The van der Waals surface area contributed by atoms with Gasteiger partial charge in [0.2, 0.25) is 0 Å². The molecule has 0 spiro atoms. The number of fused-ring (bicyclic) bond motifs is 3. The van der Waals surface area contributed by atoms with Gasteiger partial charge < -0.3 is 14.8 Å². The first-order valence-corrected chi connectivity index (χ1v) is 17.4. The van der Waals surface area contributed by atoms with Crippen LogP contribution in [-0.4, -0.2) is 74.4 Å². The molecule has 10 heteroatoms. The number of aromatic nitrogens is 2. The summed E-state index contributed by atoms with van der Waals surface area (Å²) < 4.78 is 42.6. The van der Waals surface area contributed by atoms with Crippen LogP contribution in [0.2, 0.25) is 0 Å². The Kier molecular flexibility index (Phi) is 8.22. The van der Waals surface area contributed by atoms with Gasteiger partial charge >= 0.3 is 0 Å². The number of aromatic amines is 1. The van der Waals surface area contributed by atoms with Gasteiger partial charge in [-0.3, -0.25) is 9.10 Å². The van der Waals surface area contributed by atoms with Crippen LogP contribution < -0.4 is 4.31 Å². The zero-order chi connectivity index (χ0) is 33.6. The Morgan fingerprint density at radius 2 is 1.58 bits per heavy atom. The number of nitrogens with one attached hydrogen (secondary N) is 1. The number of piperidine rings is 1. The van der Waals surface area contributed by atoms with E-state index in [4.69, 9.17) is 4.98 Å². The van der Waals surface area contributed by atoms with Crippen LogP contribution in [0.5, 0.6) is 0 Å². The van der Waals surface area contributed by atoms with Crippen molar-refractivity contribution < 1.29 is 17.6 Å². The molecule has 8 nitrogen and oxygen atoms in total. The van der Waals surface area contributed by atoms with Gasteiger partial charge in [-0.05, 0) is 86.6 Å². The third kappa shape index (κ3) is 5.61. The van der Waals surface area contributed by atoms with Crippen molar-refractivity contribution in [1.82, 2.24) is 19.8 Å².